The summed E-state index contributed by atoms with van der Waals surface area (Å²) in [7, 11) is 0. The molecule has 2 heteroatoms. The second-order valence-corrected chi connectivity index (χ2v) is 7.04. The van der Waals surface area contributed by atoms with Gasteiger partial charge < -0.3 is 4.98 Å². The van der Waals surface area contributed by atoms with Gasteiger partial charge in [-0.15, -0.1) is 0 Å². The van der Waals surface area contributed by atoms with E-state index in [1.165, 1.54) is 64.2 Å². The molecule has 0 fully saturated rings. The number of nitrogens with one attached hydrogen (secondary N) is 1. The number of aromatic nitrogens is 1. The van der Waals surface area contributed by atoms with Gasteiger partial charge in [0.2, 0.25) is 0 Å². The molecule has 0 spiro atoms. The molecule has 0 radical (unpaired) electrons. The third-order valence-electron chi connectivity index (χ3n) is 5.03. The molecule has 24 heavy (non-hydrogen) atoms. The summed E-state index contributed by atoms with van der Waals surface area (Å²) < 4.78 is 0. The number of unbranched alkanes of at least 4 members (excludes halogenated alkanes) is 9. The smallest absolute Gasteiger partial charge is 0.192 e. The average Bonchev–Trinajstić information content (AvgIpc) is 2.60. The van der Waals surface area contributed by atoms with Crippen molar-refractivity contribution in [3.63, 3.8) is 0 Å². The van der Waals surface area contributed by atoms with Gasteiger partial charge >= 0.3 is 0 Å². The van der Waals surface area contributed by atoms with E-state index < -0.39 is 0 Å². The van der Waals surface area contributed by atoms with Gasteiger partial charge in [-0.25, -0.2) is 0 Å². The van der Waals surface area contributed by atoms with E-state index >= 15 is 0 Å². The third kappa shape index (κ3) is 5.51. The Morgan fingerprint density at radius 3 is 2.08 bits per heavy atom. The third-order valence-corrected chi connectivity index (χ3v) is 5.03. The summed E-state index contributed by atoms with van der Waals surface area (Å²) >= 11 is 0. The van der Waals surface area contributed by atoms with Crippen LogP contribution in [-0.4, -0.2) is 4.98 Å². The lowest BCUT2D eigenvalue weighted by molar-refractivity contribution is 0.555. The highest BCUT2D eigenvalue weighted by molar-refractivity contribution is 5.79. The van der Waals surface area contributed by atoms with Gasteiger partial charge in [0.25, 0.3) is 0 Å². The monoisotopic (exact) mass is 327 g/mol. The van der Waals surface area contributed by atoms with Crippen molar-refractivity contribution in [3.05, 3.63) is 45.7 Å². The van der Waals surface area contributed by atoms with Crippen molar-refractivity contribution in [3.8, 4) is 0 Å². The average molecular weight is 328 g/mol. The van der Waals surface area contributed by atoms with Gasteiger partial charge in [0.15, 0.2) is 5.43 Å². The number of aryl methyl sites for hydroxylation is 1. The molecule has 132 valence electrons. The van der Waals surface area contributed by atoms with Crippen LogP contribution in [0.4, 0.5) is 0 Å². The van der Waals surface area contributed by atoms with Gasteiger partial charge in [-0.2, -0.15) is 0 Å². The molecule has 1 N–H and O–H groups in total. The van der Waals surface area contributed by atoms with Crippen LogP contribution in [0.25, 0.3) is 10.9 Å². The highest BCUT2D eigenvalue weighted by atomic mass is 16.1. The number of aromatic amines is 1. The normalized spacial score (nSPS) is 11.2. The summed E-state index contributed by atoms with van der Waals surface area (Å²) in [5, 5.41) is 0.807. The molecular formula is C22H33NO. The Morgan fingerprint density at radius 2 is 1.42 bits per heavy atom. The quantitative estimate of drug-likeness (QED) is 0.483. The Balaban J connectivity index is 1.70. The van der Waals surface area contributed by atoms with Crippen molar-refractivity contribution in [2.75, 3.05) is 0 Å². The maximum Gasteiger partial charge on any atom is 0.192 e. The second kappa shape index (κ2) is 10.3. The van der Waals surface area contributed by atoms with E-state index in [0.717, 1.165) is 28.6 Å². The van der Waals surface area contributed by atoms with Crippen LogP contribution < -0.4 is 5.43 Å². The molecule has 0 aliphatic heterocycles. The van der Waals surface area contributed by atoms with Crippen LogP contribution in [0.2, 0.25) is 0 Å². The second-order valence-electron chi connectivity index (χ2n) is 7.04. The van der Waals surface area contributed by atoms with Crippen molar-refractivity contribution >= 4 is 10.9 Å². The molecule has 0 amide bonds. The van der Waals surface area contributed by atoms with E-state index in [4.69, 9.17) is 0 Å². The van der Waals surface area contributed by atoms with Crippen LogP contribution in [0, 0.1) is 6.92 Å². The van der Waals surface area contributed by atoms with Crippen molar-refractivity contribution in [2.45, 2.75) is 84.5 Å². The number of fused-ring (bicyclic) bond motifs is 1. The van der Waals surface area contributed by atoms with Gasteiger partial charge in [0.1, 0.15) is 0 Å². The molecular weight excluding hydrogens is 294 g/mol. The van der Waals surface area contributed by atoms with Crippen LogP contribution in [0.1, 0.15) is 82.4 Å². The number of para-hydroxylation sites is 1. The highest BCUT2D eigenvalue weighted by Gasteiger charge is 2.07. The maximum absolute atomic E-state index is 12.4. The summed E-state index contributed by atoms with van der Waals surface area (Å²) in [6.07, 6.45) is 14.4. The number of benzene rings is 1. The van der Waals surface area contributed by atoms with E-state index in [2.05, 4.69) is 11.9 Å². The molecule has 1 aromatic carbocycles. The van der Waals surface area contributed by atoms with Crippen molar-refractivity contribution in [1.29, 1.82) is 0 Å². The van der Waals surface area contributed by atoms with Crippen LogP contribution >= 0.6 is 0 Å². The fourth-order valence-electron chi connectivity index (χ4n) is 3.42. The molecule has 1 aromatic heterocycles. The molecule has 0 atom stereocenters. The minimum atomic E-state index is 0.187. The fourth-order valence-corrected chi connectivity index (χ4v) is 3.42. The van der Waals surface area contributed by atoms with Crippen molar-refractivity contribution in [2.24, 2.45) is 0 Å². The van der Waals surface area contributed by atoms with E-state index in [-0.39, 0.29) is 5.43 Å². The van der Waals surface area contributed by atoms with E-state index in [9.17, 15) is 4.79 Å². The summed E-state index contributed by atoms with van der Waals surface area (Å²) in [6.45, 7) is 4.22. The topological polar surface area (TPSA) is 32.9 Å². The van der Waals surface area contributed by atoms with Gasteiger partial charge in [-0.05, 0) is 31.9 Å². The largest absolute Gasteiger partial charge is 0.358 e. The predicted molar refractivity (Wildman–Crippen MR) is 105 cm³/mol. The van der Waals surface area contributed by atoms with E-state index in [1.807, 2.05) is 31.2 Å². The van der Waals surface area contributed by atoms with E-state index in [1.54, 1.807) is 0 Å². The molecule has 0 aliphatic rings. The predicted octanol–water partition coefficient (Wildman–Crippen LogP) is 6.30. The summed E-state index contributed by atoms with van der Waals surface area (Å²) in [6, 6.07) is 7.82. The Morgan fingerprint density at radius 1 is 0.833 bits per heavy atom. The molecule has 1 heterocycles. The number of H-pyrrole nitrogens is 1. The molecule has 2 aromatic rings. The molecule has 0 unspecified atom stereocenters. The number of rotatable bonds is 11. The zero-order valence-corrected chi connectivity index (χ0v) is 15.5. The molecule has 0 aliphatic carbocycles. The summed E-state index contributed by atoms with van der Waals surface area (Å²) in [5.41, 5.74) is 3.17. The van der Waals surface area contributed by atoms with Gasteiger partial charge in [0.05, 0.1) is 0 Å². The Labute approximate surface area is 146 Å². The Hall–Kier alpha value is -1.57. The SMILES string of the molecule is CCCCCCCCCCCCc1[nH]c2ccccc2c(=O)c1C. The Bertz CT molecular complexity index is 671. The summed E-state index contributed by atoms with van der Waals surface area (Å²) in [4.78, 5) is 15.9. The first-order valence-corrected chi connectivity index (χ1v) is 9.84. The standard InChI is InChI=1S/C22H33NO/c1-3-4-5-6-7-8-9-10-11-12-16-20-18(2)22(24)19-15-13-14-17-21(19)23-20/h13-15,17H,3-12,16H2,1-2H3,(H,23,24). The van der Waals surface area contributed by atoms with Crippen LogP contribution in [-0.2, 0) is 6.42 Å². The van der Waals surface area contributed by atoms with Crippen LogP contribution in [0.5, 0.6) is 0 Å². The lowest BCUT2D eigenvalue weighted by Gasteiger charge is -2.08. The lowest BCUT2D eigenvalue weighted by Crippen LogP contribution is -2.11. The molecule has 0 saturated heterocycles. The maximum atomic E-state index is 12.4. The zero-order valence-electron chi connectivity index (χ0n) is 15.5. The first-order valence-electron chi connectivity index (χ1n) is 9.84. The zero-order chi connectivity index (χ0) is 17.2. The minimum absolute atomic E-state index is 0.187. The van der Waals surface area contributed by atoms with Gasteiger partial charge in [-0.3, -0.25) is 4.79 Å². The molecule has 2 nitrogen and oxygen atoms in total. The number of pyridine rings is 1. The van der Waals surface area contributed by atoms with E-state index in [0.29, 0.717) is 0 Å². The Kier molecular flexibility index (Phi) is 8.07. The number of hydrogen-bond acceptors (Lipinski definition) is 1. The van der Waals surface area contributed by atoms with Crippen LogP contribution in [0.3, 0.4) is 0 Å². The summed E-state index contributed by atoms with van der Waals surface area (Å²) in [5.74, 6) is 0. The molecule has 0 bridgehead atoms. The van der Waals surface area contributed by atoms with Gasteiger partial charge in [-0.1, -0.05) is 76.8 Å². The minimum Gasteiger partial charge on any atom is -0.358 e. The van der Waals surface area contributed by atoms with Crippen LogP contribution in [0.15, 0.2) is 29.1 Å². The molecule has 2 rings (SSSR count). The fraction of sp³-hybridized carbons (Fsp3) is 0.591. The van der Waals surface area contributed by atoms with Gasteiger partial charge in [0, 0.05) is 22.2 Å². The lowest BCUT2D eigenvalue weighted by atomic mass is 10.0. The number of hydrogen-bond donors (Lipinski definition) is 1. The van der Waals surface area contributed by atoms with Crippen molar-refractivity contribution in [1.82, 2.24) is 4.98 Å². The van der Waals surface area contributed by atoms with Crippen molar-refractivity contribution < 1.29 is 0 Å². The first kappa shape index (κ1) is 18.8. The highest BCUT2D eigenvalue weighted by Crippen LogP contribution is 2.15. The molecule has 0 saturated carbocycles. The first-order chi connectivity index (χ1) is 11.7.